The molecule has 0 unspecified atom stereocenters. The molecular formula is C14H17N5O4. The Morgan fingerprint density at radius 1 is 1.43 bits per heavy atom. The fourth-order valence-electron chi connectivity index (χ4n) is 1.93. The number of nitrogens with one attached hydrogen (secondary N) is 2. The van der Waals surface area contributed by atoms with Crippen molar-refractivity contribution >= 4 is 24.0 Å². The lowest BCUT2D eigenvalue weighted by molar-refractivity contribution is -0.124. The number of carbonyl (C=O) groups is 3. The van der Waals surface area contributed by atoms with Crippen LogP contribution in [0.3, 0.4) is 0 Å². The molecule has 2 rings (SSSR count). The molecule has 1 aromatic carbocycles. The zero-order chi connectivity index (χ0) is 16.8. The Labute approximate surface area is 132 Å². The second-order valence-electron chi connectivity index (χ2n) is 4.83. The van der Waals surface area contributed by atoms with Crippen molar-refractivity contribution in [3.05, 3.63) is 35.9 Å². The van der Waals surface area contributed by atoms with Crippen LogP contribution in [0.15, 0.2) is 35.3 Å². The summed E-state index contributed by atoms with van der Waals surface area (Å²) in [6, 6.07) is 7.53. The summed E-state index contributed by atoms with van der Waals surface area (Å²) in [4.78, 5) is 39.8. The van der Waals surface area contributed by atoms with Crippen LogP contribution in [0.2, 0.25) is 0 Å². The number of guanidine groups is 1. The number of primary amides is 1. The van der Waals surface area contributed by atoms with Crippen LogP contribution >= 0.6 is 0 Å². The average molecular weight is 319 g/mol. The van der Waals surface area contributed by atoms with Crippen molar-refractivity contribution in [2.75, 3.05) is 13.6 Å². The van der Waals surface area contributed by atoms with Crippen LogP contribution in [0, 0.1) is 0 Å². The highest BCUT2D eigenvalue weighted by Gasteiger charge is 2.31. The number of likely N-dealkylation sites (N-methyl/N-ethyl adjacent to an activating group) is 1. The second-order valence-corrected chi connectivity index (χ2v) is 4.83. The fraction of sp³-hybridized carbons (Fsp3) is 0.286. The van der Waals surface area contributed by atoms with Gasteiger partial charge in [0, 0.05) is 7.05 Å². The first-order valence-electron chi connectivity index (χ1n) is 6.82. The summed E-state index contributed by atoms with van der Waals surface area (Å²) < 4.78 is 5.15. The number of carbonyl (C=O) groups excluding carboxylic acids is 3. The van der Waals surface area contributed by atoms with Crippen molar-refractivity contribution in [1.82, 2.24) is 15.5 Å². The van der Waals surface area contributed by atoms with Gasteiger partial charge in [0.25, 0.3) is 5.91 Å². The summed E-state index contributed by atoms with van der Waals surface area (Å²) in [6.07, 6.45) is -0.643. The molecule has 0 bridgehead atoms. The SMILES string of the molecule is CN(C(=O)OCc1ccccc1)[C@H]1CN=C(NC(N)=O)NC1=O. The molecule has 1 aliphatic heterocycles. The van der Waals surface area contributed by atoms with Gasteiger partial charge in [0.05, 0.1) is 6.54 Å². The van der Waals surface area contributed by atoms with Gasteiger partial charge in [-0.25, -0.2) is 14.6 Å². The molecule has 0 aliphatic carbocycles. The number of nitrogens with zero attached hydrogens (tertiary/aromatic N) is 2. The smallest absolute Gasteiger partial charge is 0.410 e. The number of nitrogens with two attached hydrogens (primary N) is 1. The van der Waals surface area contributed by atoms with Gasteiger partial charge in [-0.3, -0.25) is 20.3 Å². The van der Waals surface area contributed by atoms with Gasteiger partial charge in [-0.15, -0.1) is 0 Å². The van der Waals surface area contributed by atoms with Crippen molar-refractivity contribution in [3.63, 3.8) is 0 Å². The van der Waals surface area contributed by atoms with Gasteiger partial charge < -0.3 is 10.5 Å². The maximum Gasteiger partial charge on any atom is 0.410 e. The largest absolute Gasteiger partial charge is 0.445 e. The molecule has 0 saturated heterocycles. The molecule has 4 N–H and O–H groups in total. The van der Waals surface area contributed by atoms with Gasteiger partial charge in [0.2, 0.25) is 5.96 Å². The molecule has 1 aliphatic rings. The van der Waals surface area contributed by atoms with E-state index in [1.165, 1.54) is 7.05 Å². The van der Waals surface area contributed by atoms with Crippen LogP contribution in [-0.2, 0) is 16.1 Å². The molecule has 23 heavy (non-hydrogen) atoms. The zero-order valence-electron chi connectivity index (χ0n) is 12.5. The fourth-order valence-corrected chi connectivity index (χ4v) is 1.93. The lowest BCUT2D eigenvalue weighted by atomic mass is 10.2. The lowest BCUT2D eigenvalue weighted by Gasteiger charge is -2.28. The van der Waals surface area contributed by atoms with Gasteiger partial charge in [0.15, 0.2) is 0 Å². The van der Waals surface area contributed by atoms with Crippen molar-refractivity contribution in [2.24, 2.45) is 10.7 Å². The van der Waals surface area contributed by atoms with Crippen LogP contribution in [0.1, 0.15) is 5.56 Å². The molecule has 1 heterocycles. The summed E-state index contributed by atoms with van der Waals surface area (Å²) in [5.74, 6) is -0.521. The number of amides is 4. The topological polar surface area (TPSA) is 126 Å². The Kier molecular flexibility index (Phi) is 5.13. The van der Waals surface area contributed by atoms with E-state index in [-0.39, 0.29) is 19.1 Å². The normalized spacial score (nSPS) is 16.8. The van der Waals surface area contributed by atoms with Crippen molar-refractivity contribution < 1.29 is 19.1 Å². The zero-order valence-corrected chi connectivity index (χ0v) is 12.5. The third kappa shape index (κ3) is 4.43. The summed E-state index contributed by atoms with van der Waals surface area (Å²) in [5, 5.41) is 4.53. The van der Waals surface area contributed by atoms with Crippen LogP contribution in [0.4, 0.5) is 9.59 Å². The van der Waals surface area contributed by atoms with E-state index in [0.717, 1.165) is 10.5 Å². The van der Waals surface area contributed by atoms with E-state index in [2.05, 4.69) is 15.6 Å². The Bertz CT molecular complexity index is 631. The third-order valence-electron chi connectivity index (χ3n) is 3.17. The molecule has 0 fully saturated rings. The highest BCUT2D eigenvalue weighted by atomic mass is 16.6. The molecule has 0 saturated carbocycles. The van der Waals surface area contributed by atoms with E-state index in [0.29, 0.717) is 0 Å². The molecule has 9 nitrogen and oxygen atoms in total. The molecule has 0 aromatic heterocycles. The van der Waals surface area contributed by atoms with E-state index >= 15 is 0 Å². The standard InChI is InChI=1S/C14H17N5O4/c1-19(14(22)23-8-9-5-3-2-4-6-9)10-7-16-13(17-11(10)20)18-12(15)21/h2-6,10H,7-8H2,1H3,(H4,15,16,17,18,20,21)/t10-/m0/s1. The summed E-state index contributed by atoms with van der Waals surface area (Å²) >= 11 is 0. The first kappa shape index (κ1) is 16.3. The Morgan fingerprint density at radius 3 is 2.74 bits per heavy atom. The number of hydrogen-bond donors (Lipinski definition) is 3. The minimum absolute atomic E-state index is 0.00160. The molecule has 122 valence electrons. The number of aliphatic imine (C=N–C) groups is 1. The van der Waals surface area contributed by atoms with E-state index in [1.54, 1.807) is 0 Å². The number of benzene rings is 1. The average Bonchev–Trinajstić information content (AvgIpc) is 2.52. The monoisotopic (exact) mass is 319 g/mol. The van der Waals surface area contributed by atoms with E-state index in [1.807, 2.05) is 30.3 Å². The summed E-state index contributed by atoms with van der Waals surface area (Å²) in [5.41, 5.74) is 5.78. The highest BCUT2D eigenvalue weighted by Crippen LogP contribution is 2.07. The Hall–Kier alpha value is -3.10. The molecule has 4 amide bonds. The minimum Gasteiger partial charge on any atom is -0.445 e. The summed E-state index contributed by atoms with van der Waals surface area (Å²) in [7, 11) is 1.44. The van der Waals surface area contributed by atoms with Crippen LogP contribution in [-0.4, -0.2) is 48.5 Å². The molecule has 1 aromatic rings. The number of urea groups is 1. The van der Waals surface area contributed by atoms with Gasteiger partial charge >= 0.3 is 12.1 Å². The maximum absolute atomic E-state index is 12.0. The first-order valence-corrected chi connectivity index (χ1v) is 6.82. The molecular weight excluding hydrogens is 302 g/mol. The van der Waals surface area contributed by atoms with E-state index in [4.69, 9.17) is 10.5 Å². The third-order valence-corrected chi connectivity index (χ3v) is 3.17. The van der Waals surface area contributed by atoms with Crippen molar-refractivity contribution in [1.29, 1.82) is 0 Å². The molecule has 9 heteroatoms. The Balaban J connectivity index is 1.91. The minimum atomic E-state index is -0.835. The number of rotatable bonds is 3. The Morgan fingerprint density at radius 2 is 2.13 bits per heavy atom. The lowest BCUT2D eigenvalue weighted by Crippen LogP contribution is -2.58. The maximum atomic E-state index is 12.0. The van der Waals surface area contributed by atoms with Crippen molar-refractivity contribution in [2.45, 2.75) is 12.6 Å². The summed E-state index contributed by atoms with van der Waals surface area (Å²) in [6.45, 7) is 0.106. The van der Waals surface area contributed by atoms with E-state index < -0.39 is 24.1 Å². The van der Waals surface area contributed by atoms with Gasteiger partial charge in [-0.05, 0) is 5.56 Å². The molecule has 0 radical (unpaired) electrons. The number of hydrogen-bond acceptors (Lipinski definition) is 5. The van der Waals surface area contributed by atoms with Gasteiger partial charge in [-0.2, -0.15) is 0 Å². The van der Waals surface area contributed by atoms with Crippen LogP contribution < -0.4 is 16.4 Å². The van der Waals surface area contributed by atoms with Gasteiger partial charge in [-0.1, -0.05) is 30.3 Å². The van der Waals surface area contributed by atoms with Crippen molar-refractivity contribution in [3.8, 4) is 0 Å². The predicted octanol–water partition coefficient (Wildman–Crippen LogP) is -0.222. The first-order chi connectivity index (χ1) is 11.0. The number of ether oxygens (including phenoxy) is 1. The molecule has 0 spiro atoms. The second kappa shape index (κ2) is 7.25. The van der Waals surface area contributed by atoms with Crippen LogP contribution in [0.25, 0.3) is 0 Å². The van der Waals surface area contributed by atoms with E-state index in [9.17, 15) is 14.4 Å². The van der Waals surface area contributed by atoms with Crippen LogP contribution in [0.5, 0.6) is 0 Å². The highest BCUT2D eigenvalue weighted by molar-refractivity contribution is 6.07. The van der Waals surface area contributed by atoms with Gasteiger partial charge in [0.1, 0.15) is 12.6 Å². The quantitative estimate of drug-likeness (QED) is 0.711. The predicted molar refractivity (Wildman–Crippen MR) is 81.3 cm³/mol. The molecule has 1 atom stereocenters.